The molecule has 0 radical (unpaired) electrons. The molecule has 0 saturated carbocycles. The number of ether oxygens (including phenoxy) is 1. The average molecular weight is 478 g/mol. The number of carboxylic acids is 1. The number of alkyl halides is 3. The number of thiophene rings is 1. The van der Waals surface area contributed by atoms with Crippen molar-refractivity contribution < 1.29 is 32.3 Å². The molecule has 2 aromatic carbocycles. The van der Waals surface area contributed by atoms with Crippen LogP contribution in [-0.4, -0.2) is 22.8 Å². The molecule has 0 bridgehead atoms. The fraction of sp³-hybridized carbons (Fsp3) is 0.333. The quantitative estimate of drug-likeness (QED) is 0.319. The Hall–Kier alpha value is -3.07. The van der Waals surface area contributed by atoms with Crippen LogP contribution in [0.2, 0.25) is 0 Å². The highest BCUT2D eigenvalue weighted by molar-refractivity contribution is 7.19. The maximum Gasteiger partial charge on any atom is 0.416 e. The average Bonchev–Trinajstić information content (AvgIpc) is 3.29. The van der Waals surface area contributed by atoms with Crippen molar-refractivity contribution in [3.8, 4) is 5.75 Å². The standard InChI is InChI=1S/C24H22F3NO4S/c1-12(2)23-15-5-4-14(24(25,26)27)9-21(15)33-20(23)7-6-17-16-8-13(3)18(31-11-22(29)30)10-19(16)32-28-17/h4-5,8-10,12H,6-7,11H2,1-3H3,(H,29,30). The Morgan fingerprint density at radius 3 is 2.61 bits per heavy atom. The Morgan fingerprint density at radius 1 is 1.18 bits per heavy atom. The molecule has 4 aromatic rings. The third kappa shape index (κ3) is 4.68. The van der Waals surface area contributed by atoms with Crippen LogP contribution in [0, 0.1) is 6.92 Å². The van der Waals surface area contributed by atoms with Crippen LogP contribution in [0.15, 0.2) is 34.9 Å². The molecule has 0 aliphatic rings. The number of aromatic nitrogens is 1. The van der Waals surface area contributed by atoms with Crippen LogP contribution in [-0.2, 0) is 23.8 Å². The number of fused-ring (bicyclic) bond motifs is 2. The van der Waals surface area contributed by atoms with Crippen molar-refractivity contribution in [2.24, 2.45) is 0 Å². The predicted molar refractivity (Wildman–Crippen MR) is 120 cm³/mol. The second-order valence-corrected chi connectivity index (χ2v) is 9.36. The van der Waals surface area contributed by atoms with Crippen molar-refractivity contribution in [1.82, 2.24) is 5.16 Å². The monoisotopic (exact) mass is 477 g/mol. The van der Waals surface area contributed by atoms with Crippen LogP contribution in [0.3, 0.4) is 0 Å². The van der Waals surface area contributed by atoms with Crippen molar-refractivity contribution in [2.45, 2.75) is 45.7 Å². The molecular weight excluding hydrogens is 455 g/mol. The zero-order valence-electron chi connectivity index (χ0n) is 18.2. The Balaban J connectivity index is 1.63. The molecule has 0 fully saturated rings. The molecule has 5 nitrogen and oxygen atoms in total. The minimum atomic E-state index is -4.37. The molecule has 4 rings (SSSR count). The van der Waals surface area contributed by atoms with Gasteiger partial charge in [0.25, 0.3) is 0 Å². The van der Waals surface area contributed by atoms with Crippen LogP contribution in [0.25, 0.3) is 21.1 Å². The molecule has 174 valence electrons. The van der Waals surface area contributed by atoms with E-state index in [4.69, 9.17) is 14.4 Å². The topological polar surface area (TPSA) is 72.6 Å². The largest absolute Gasteiger partial charge is 0.481 e. The molecule has 0 aliphatic carbocycles. The molecule has 2 heterocycles. The Bertz CT molecular complexity index is 1340. The lowest BCUT2D eigenvalue weighted by molar-refractivity contribution is -0.139. The van der Waals surface area contributed by atoms with Crippen LogP contribution in [0.5, 0.6) is 5.75 Å². The molecule has 0 unspecified atom stereocenters. The van der Waals surface area contributed by atoms with Gasteiger partial charge in [-0.15, -0.1) is 11.3 Å². The van der Waals surface area contributed by atoms with Crippen LogP contribution in [0.1, 0.15) is 47.0 Å². The summed E-state index contributed by atoms with van der Waals surface area (Å²) in [5.74, 6) is -0.491. The molecule has 0 atom stereocenters. The van der Waals surface area contributed by atoms with Crippen molar-refractivity contribution in [3.05, 3.63) is 57.6 Å². The number of aliphatic carboxylic acids is 1. The number of carbonyl (C=O) groups is 1. The first-order valence-electron chi connectivity index (χ1n) is 10.4. The summed E-state index contributed by atoms with van der Waals surface area (Å²) in [6.45, 7) is 5.44. The van der Waals surface area contributed by atoms with Crippen molar-refractivity contribution in [1.29, 1.82) is 0 Å². The summed E-state index contributed by atoms with van der Waals surface area (Å²) >= 11 is 1.39. The Morgan fingerprint density at radius 2 is 1.94 bits per heavy atom. The second kappa shape index (κ2) is 8.70. The molecule has 0 spiro atoms. The van der Waals surface area contributed by atoms with Gasteiger partial charge in [-0.3, -0.25) is 0 Å². The highest BCUT2D eigenvalue weighted by Gasteiger charge is 2.31. The van der Waals surface area contributed by atoms with E-state index < -0.39 is 24.3 Å². The number of carboxylic acid groups (broad SMARTS) is 1. The highest BCUT2D eigenvalue weighted by Crippen LogP contribution is 2.40. The summed E-state index contributed by atoms with van der Waals surface area (Å²) in [4.78, 5) is 11.8. The fourth-order valence-corrected chi connectivity index (χ4v) is 5.39. The van der Waals surface area contributed by atoms with E-state index in [1.165, 1.54) is 17.4 Å². The number of nitrogens with zero attached hydrogens (tertiary/aromatic N) is 1. The summed E-state index contributed by atoms with van der Waals surface area (Å²) in [7, 11) is 0. The van der Waals surface area contributed by atoms with Gasteiger partial charge in [0.05, 0.1) is 11.3 Å². The Kier molecular flexibility index (Phi) is 6.09. The van der Waals surface area contributed by atoms with Crippen molar-refractivity contribution >= 4 is 38.4 Å². The van der Waals surface area contributed by atoms with Gasteiger partial charge in [-0.1, -0.05) is 25.1 Å². The first kappa shape index (κ1) is 23.1. The molecule has 0 saturated heterocycles. The number of benzene rings is 2. The molecule has 9 heteroatoms. The van der Waals surface area contributed by atoms with E-state index in [-0.39, 0.29) is 5.92 Å². The molecule has 1 N–H and O–H groups in total. The lowest BCUT2D eigenvalue weighted by Crippen LogP contribution is -2.10. The van der Waals surface area contributed by atoms with E-state index in [1.54, 1.807) is 12.1 Å². The highest BCUT2D eigenvalue weighted by atomic mass is 32.1. The van der Waals surface area contributed by atoms with E-state index in [9.17, 15) is 18.0 Å². The van der Waals surface area contributed by atoms with Gasteiger partial charge < -0.3 is 14.4 Å². The van der Waals surface area contributed by atoms with E-state index in [2.05, 4.69) is 5.16 Å². The summed E-state index contributed by atoms with van der Waals surface area (Å²) in [5, 5.41) is 14.7. The lowest BCUT2D eigenvalue weighted by Gasteiger charge is -2.09. The fourth-order valence-electron chi connectivity index (χ4n) is 3.99. The summed E-state index contributed by atoms with van der Waals surface area (Å²) < 4.78 is 50.8. The second-order valence-electron chi connectivity index (χ2n) is 8.23. The van der Waals surface area contributed by atoms with E-state index in [0.29, 0.717) is 28.9 Å². The van der Waals surface area contributed by atoms with Gasteiger partial charge in [0.1, 0.15) is 5.75 Å². The van der Waals surface area contributed by atoms with Crippen LogP contribution < -0.4 is 4.74 Å². The number of halogens is 3. The smallest absolute Gasteiger partial charge is 0.416 e. The van der Waals surface area contributed by atoms with E-state index >= 15 is 0 Å². The van der Waals surface area contributed by atoms with Gasteiger partial charge in [0, 0.05) is 21.0 Å². The minimum Gasteiger partial charge on any atom is -0.481 e. The van der Waals surface area contributed by atoms with Crippen molar-refractivity contribution in [2.75, 3.05) is 6.61 Å². The van der Waals surface area contributed by atoms with Gasteiger partial charge >= 0.3 is 12.1 Å². The lowest BCUT2D eigenvalue weighted by atomic mass is 9.96. The number of aryl methyl sites for hydroxylation is 3. The summed E-state index contributed by atoms with van der Waals surface area (Å²) in [6.07, 6.45) is -3.20. The van der Waals surface area contributed by atoms with Gasteiger partial charge in [-0.25, -0.2) is 4.79 Å². The zero-order chi connectivity index (χ0) is 23.9. The molecule has 0 amide bonds. The normalized spacial score (nSPS) is 12.2. The third-order valence-corrected chi connectivity index (χ3v) is 6.72. The maximum atomic E-state index is 13.2. The van der Waals surface area contributed by atoms with Gasteiger partial charge in [-0.2, -0.15) is 13.2 Å². The molecule has 0 aliphatic heterocycles. The van der Waals surface area contributed by atoms with Crippen LogP contribution in [0.4, 0.5) is 13.2 Å². The Labute approximate surface area is 191 Å². The molecule has 2 aromatic heterocycles. The van der Waals surface area contributed by atoms with E-state index in [1.807, 2.05) is 26.8 Å². The third-order valence-electron chi connectivity index (χ3n) is 5.49. The summed E-state index contributed by atoms with van der Waals surface area (Å²) in [6, 6.07) is 7.41. The SMILES string of the molecule is Cc1cc2c(CCc3sc4cc(C(F)(F)F)ccc4c3C(C)C)noc2cc1OCC(=O)O. The van der Waals surface area contributed by atoms with Gasteiger partial charge in [0.2, 0.25) is 0 Å². The van der Waals surface area contributed by atoms with E-state index in [0.717, 1.165) is 38.5 Å². The molecular formula is C24H22F3NO4S. The van der Waals surface area contributed by atoms with Crippen LogP contribution >= 0.6 is 11.3 Å². The predicted octanol–water partition coefficient (Wildman–Crippen LogP) is 6.74. The zero-order valence-corrected chi connectivity index (χ0v) is 19.1. The molecule has 33 heavy (non-hydrogen) atoms. The van der Waals surface area contributed by atoms with Gasteiger partial charge in [0.15, 0.2) is 12.2 Å². The number of hydrogen-bond acceptors (Lipinski definition) is 5. The first-order valence-corrected chi connectivity index (χ1v) is 11.2. The number of rotatable bonds is 7. The van der Waals surface area contributed by atoms with Gasteiger partial charge in [-0.05, 0) is 60.4 Å². The minimum absolute atomic E-state index is 0.163. The number of hydrogen-bond donors (Lipinski definition) is 1. The maximum absolute atomic E-state index is 13.2. The summed E-state index contributed by atoms with van der Waals surface area (Å²) in [5.41, 5.74) is 2.42. The van der Waals surface area contributed by atoms with Crippen molar-refractivity contribution in [3.63, 3.8) is 0 Å². The first-order chi connectivity index (χ1) is 15.5.